The average Bonchev–Trinajstić information content (AvgIpc) is 2.35. The van der Waals surface area contributed by atoms with Crippen LogP contribution in [0.4, 0.5) is 0 Å². The molecule has 0 saturated carbocycles. The number of carbonyl (C=O) groups excluding carboxylic acids is 1. The van der Waals surface area contributed by atoms with E-state index < -0.39 is 5.97 Å². The molecule has 0 heterocycles. The van der Waals surface area contributed by atoms with E-state index in [1.165, 1.54) is 6.07 Å². The van der Waals surface area contributed by atoms with Gasteiger partial charge in [0.05, 0.1) is 5.56 Å². The van der Waals surface area contributed by atoms with E-state index in [1.807, 2.05) is 13.8 Å². The van der Waals surface area contributed by atoms with Crippen molar-refractivity contribution in [3.8, 4) is 0 Å². The third-order valence-corrected chi connectivity index (χ3v) is 2.77. The highest BCUT2D eigenvalue weighted by Gasteiger charge is 2.14. The van der Waals surface area contributed by atoms with Crippen LogP contribution in [0.15, 0.2) is 18.2 Å². The number of hydrogen-bond acceptors (Lipinski definition) is 3. The number of aromatic carboxylic acids is 1. The smallest absolute Gasteiger partial charge is 0.335 e. The number of Topliss-reactive ketones (excluding diaryl/α,β-unsaturated/α-hetero) is 1. The van der Waals surface area contributed by atoms with Gasteiger partial charge in [-0.3, -0.25) is 10.2 Å². The number of carboxylic acid groups (broad SMARTS) is 1. The highest BCUT2D eigenvalue weighted by molar-refractivity contribution is 6.45. The zero-order valence-corrected chi connectivity index (χ0v) is 11.5. The summed E-state index contributed by atoms with van der Waals surface area (Å²) in [7, 11) is 0. The molecule has 1 aromatic carbocycles. The number of rotatable bonds is 6. The minimum atomic E-state index is -1.04. The van der Waals surface area contributed by atoms with E-state index >= 15 is 0 Å². The van der Waals surface area contributed by atoms with Crippen LogP contribution in [-0.2, 0) is 11.2 Å². The van der Waals surface area contributed by atoms with Crippen LogP contribution >= 0.6 is 0 Å². The molecule has 0 amide bonds. The Hall–Kier alpha value is -1.97. The molecule has 1 rings (SSSR count). The van der Waals surface area contributed by atoms with E-state index in [2.05, 4.69) is 0 Å². The van der Waals surface area contributed by atoms with Gasteiger partial charge in [-0.05, 0) is 36.1 Å². The lowest BCUT2D eigenvalue weighted by molar-refractivity contribution is -0.112. The van der Waals surface area contributed by atoms with Gasteiger partial charge in [-0.2, -0.15) is 0 Å². The summed E-state index contributed by atoms with van der Waals surface area (Å²) >= 11 is 0. The topological polar surface area (TPSA) is 78.2 Å². The van der Waals surface area contributed by atoms with Crippen molar-refractivity contribution in [2.75, 3.05) is 0 Å². The molecule has 0 spiro atoms. The van der Waals surface area contributed by atoms with Gasteiger partial charge in [0.1, 0.15) is 5.71 Å². The summed E-state index contributed by atoms with van der Waals surface area (Å²) in [5.74, 6) is -0.936. The van der Waals surface area contributed by atoms with E-state index in [0.29, 0.717) is 11.5 Å². The van der Waals surface area contributed by atoms with Crippen molar-refractivity contribution in [3.05, 3.63) is 34.9 Å². The van der Waals surface area contributed by atoms with Crippen LogP contribution in [0.2, 0.25) is 0 Å². The summed E-state index contributed by atoms with van der Waals surface area (Å²) in [6.07, 6.45) is 0.970. The SMILES string of the molecule is CCC(=O)C(=N)c1cc(CC(C)C)cc(C(=O)O)c1. The second kappa shape index (κ2) is 6.27. The lowest BCUT2D eigenvalue weighted by Gasteiger charge is -2.10. The molecule has 19 heavy (non-hydrogen) atoms. The molecule has 0 fully saturated rings. The summed E-state index contributed by atoms with van der Waals surface area (Å²) in [5.41, 5.74) is 1.25. The van der Waals surface area contributed by atoms with Gasteiger partial charge in [0.15, 0.2) is 5.78 Å². The Kier molecular flexibility index (Phi) is 4.98. The van der Waals surface area contributed by atoms with Crippen molar-refractivity contribution in [2.45, 2.75) is 33.6 Å². The summed E-state index contributed by atoms with van der Waals surface area (Å²) in [6.45, 7) is 5.76. The first kappa shape index (κ1) is 15.1. The van der Waals surface area contributed by atoms with E-state index in [1.54, 1.807) is 19.1 Å². The maximum absolute atomic E-state index is 11.6. The highest BCUT2D eigenvalue weighted by Crippen LogP contribution is 2.16. The first-order chi connectivity index (χ1) is 8.85. The molecule has 2 N–H and O–H groups in total. The summed E-state index contributed by atoms with van der Waals surface area (Å²) in [5, 5.41) is 16.9. The Balaban J connectivity index is 3.23. The average molecular weight is 261 g/mol. The molecule has 0 bridgehead atoms. The van der Waals surface area contributed by atoms with Crippen molar-refractivity contribution in [2.24, 2.45) is 5.92 Å². The molecule has 0 aromatic heterocycles. The number of nitrogens with one attached hydrogen (secondary N) is 1. The van der Waals surface area contributed by atoms with E-state index in [0.717, 1.165) is 12.0 Å². The Morgan fingerprint density at radius 3 is 2.26 bits per heavy atom. The molecule has 4 heteroatoms. The number of hydrogen-bond donors (Lipinski definition) is 2. The molecule has 0 aliphatic rings. The number of benzene rings is 1. The van der Waals surface area contributed by atoms with Gasteiger partial charge >= 0.3 is 5.97 Å². The van der Waals surface area contributed by atoms with E-state index in [9.17, 15) is 9.59 Å². The number of ketones is 1. The van der Waals surface area contributed by atoms with Crippen LogP contribution in [0.1, 0.15) is 48.7 Å². The lowest BCUT2D eigenvalue weighted by Crippen LogP contribution is -2.14. The molecule has 0 radical (unpaired) electrons. The molecular weight excluding hydrogens is 242 g/mol. The monoisotopic (exact) mass is 261 g/mol. The van der Waals surface area contributed by atoms with Crippen molar-refractivity contribution in [3.63, 3.8) is 0 Å². The minimum Gasteiger partial charge on any atom is -0.478 e. The molecule has 0 unspecified atom stereocenters. The maximum atomic E-state index is 11.6. The summed E-state index contributed by atoms with van der Waals surface area (Å²) < 4.78 is 0. The number of carbonyl (C=O) groups is 2. The fraction of sp³-hybridized carbons (Fsp3) is 0.400. The Morgan fingerprint density at radius 2 is 1.79 bits per heavy atom. The predicted octanol–water partition coefficient (Wildman–Crippen LogP) is 2.93. The second-order valence-electron chi connectivity index (χ2n) is 4.97. The molecule has 0 atom stereocenters. The zero-order chi connectivity index (χ0) is 14.6. The molecule has 102 valence electrons. The van der Waals surface area contributed by atoms with Gasteiger partial charge in [-0.25, -0.2) is 4.79 Å². The molecule has 0 saturated heterocycles. The van der Waals surface area contributed by atoms with Crippen LogP contribution in [-0.4, -0.2) is 22.6 Å². The zero-order valence-electron chi connectivity index (χ0n) is 11.5. The molecule has 0 aliphatic carbocycles. The van der Waals surface area contributed by atoms with E-state index in [-0.39, 0.29) is 23.5 Å². The van der Waals surface area contributed by atoms with Gasteiger partial charge < -0.3 is 5.11 Å². The lowest BCUT2D eigenvalue weighted by atomic mass is 9.95. The van der Waals surface area contributed by atoms with Crippen LogP contribution in [0, 0.1) is 11.3 Å². The third kappa shape index (κ3) is 4.02. The Bertz CT molecular complexity index is 518. The standard InChI is InChI=1S/C15H19NO3/c1-4-13(17)14(16)11-6-10(5-9(2)3)7-12(8-11)15(18)19/h6-9,16H,4-5H2,1-3H3,(H,18,19). The van der Waals surface area contributed by atoms with Gasteiger partial charge in [0.25, 0.3) is 0 Å². The fourth-order valence-electron chi connectivity index (χ4n) is 1.89. The fourth-order valence-corrected chi connectivity index (χ4v) is 1.89. The van der Waals surface area contributed by atoms with Gasteiger partial charge in [0, 0.05) is 12.0 Å². The number of carboxylic acids is 1. The first-order valence-corrected chi connectivity index (χ1v) is 6.34. The summed E-state index contributed by atoms with van der Waals surface area (Å²) in [6, 6.07) is 4.74. The van der Waals surface area contributed by atoms with Gasteiger partial charge in [-0.1, -0.05) is 20.8 Å². The first-order valence-electron chi connectivity index (χ1n) is 6.34. The normalized spacial score (nSPS) is 10.5. The minimum absolute atomic E-state index is 0.115. The molecule has 0 aliphatic heterocycles. The van der Waals surface area contributed by atoms with Crippen LogP contribution in [0.3, 0.4) is 0 Å². The highest BCUT2D eigenvalue weighted by atomic mass is 16.4. The largest absolute Gasteiger partial charge is 0.478 e. The van der Waals surface area contributed by atoms with E-state index in [4.69, 9.17) is 10.5 Å². The molecular formula is C15H19NO3. The van der Waals surface area contributed by atoms with Crippen molar-refractivity contribution >= 4 is 17.5 Å². The van der Waals surface area contributed by atoms with Gasteiger partial charge in [0.2, 0.25) is 0 Å². The Labute approximate surface area is 113 Å². The van der Waals surface area contributed by atoms with Crippen LogP contribution in [0.25, 0.3) is 0 Å². The van der Waals surface area contributed by atoms with Crippen LogP contribution in [0.5, 0.6) is 0 Å². The quantitative estimate of drug-likeness (QED) is 0.773. The second-order valence-corrected chi connectivity index (χ2v) is 4.97. The predicted molar refractivity (Wildman–Crippen MR) is 74.1 cm³/mol. The van der Waals surface area contributed by atoms with Crippen molar-refractivity contribution in [1.82, 2.24) is 0 Å². The third-order valence-electron chi connectivity index (χ3n) is 2.77. The van der Waals surface area contributed by atoms with Crippen molar-refractivity contribution < 1.29 is 14.7 Å². The summed E-state index contributed by atoms with van der Waals surface area (Å²) in [4.78, 5) is 22.7. The van der Waals surface area contributed by atoms with Crippen molar-refractivity contribution in [1.29, 1.82) is 5.41 Å². The van der Waals surface area contributed by atoms with Crippen LogP contribution < -0.4 is 0 Å². The molecule has 4 nitrogen and oxygen atoms in total. The van der Waals surface area contributed by atoms with Gasteiger partial charge in [-0.15, -0.1) is 0 Å². The Morgan fingerprint density at radius 1 is 1.21 bits per heavy atom. The maximum Gasteiger partial charge on any atom is 0.335 e. The molecule has 1 aromatic rings.